The molecule has 1 N–H and O–H groups in total. The number of amides is 1. The quantitative estimate of drug-likeness (QED) is 0.878. The highest BCUT2D eigenvalue weighted by Gasteiger charge is 2.14. The Kier molecular flexibility index (Phi) is 4.20. The smallest absolute Gasteiger partial charge is 0.226 e. The minimum absolute atomic E-state index is 0.125. The van der Waals surface area contributed by atoms with E-state index < -0.39 is 0 Å². The van der Waals surface area contributed by atoms with Gasteiger partial charge in [0.25, 0.3) is 0 Å². The van der Waals surface area contributed by atoms with Gasteiger partial charge in [-0.3, -0.25) is 4.79 Å². The Bertz CT molecular complexity index is 395. The van der Waals surface area contributed by atoms with Crippen molar-refractivity contribution in [2.45, 2.75) is 18.9 Å². The van der Waals surface area contributed by atoms with Crippen LogP contribution in [0.25, 0.3) is 0 Å². The van der Waals surface area contributed by atoms with Crippen LogP contribution >= 0.6 is 0 Å². The molecule has 0 bridgehead atoms. The maximum atomic E-state index is 11.6. The molecule has 0 spiro atoms. The lowest BCUT2D eigenvalue weighted by molar-refractivity contribution is -0.127. The van der Waals surface area contributed by atoms with Crippen molar-refractivity contribution in [3.8, 4) is 0 Å². The lowest BCUT2D eigenvalue weighted by atomic mass is 10.1. The number of ether oxygens (including phenoxy) is 1. The van der Waals surface area contributed by atoms with Gasteiger partial charge in [0.1, 0.15) is 0 Å². The van der Waals surface area contributed by atoms with Crippen LogP contribution in [0, 0.1) is 0 Å². The van der Waals surface area contributed by atoms with Crippen LogP contribution in [-0.2, 0) is 16.0 Å². The number of hydrogen-bond donors (Lipinski definition) is 1. The standard InChI is InChI=1S/C14H20N2O2/c1-16(2)14(17)9-11-3-5-12(6-4-11)15-13-7-8-18-10-13/h3-6,13,15H,7-10H2,1-2H3. The fourth-order valence-electron chi connectivity index (χ4n) is 1.94. The highest BCUT2D eigenvalue weighted by Crippen LogP contribution is 2.15. The SMILES string of the molecule is CN(C)C(=O)Cc1ccc(NC2CCOC2)cc1. The average Bonchev–Trinajstić information content (AvgIpc) is 2.84. The minimum Gasteiger partial charge on any atom is -0.380 e. The fraction of sp³-hybridized carbons (Fsp3) is 0.500. The number of benzene rings is 1. The minimum atomic E-state index is 0.125. The Morgan fingerprint density at radius 2 is 2.11 bits per heavy atom. The third-order valence-corrected chi connectivity index (χ3v) is 3.11. The van der Waals surface area contributed by atoms with E-state index in [4.69, 9.17) is 4.74 Å². The van der Waals surface area contributed by atoms with Gasteiger partial charge in [-0.05, 0) is 24.1 Å². The summed E-state index contributed by atoms with van der Waals surface area (Å²) in [5, 5.41) is 3.42. The van der Waals surface area contributed by atoms with Crippen molar-refractivity contribution < 1.29 is 9.53 Å². The Labute approximate surface area is 108 Å². The Morgan fingerprint density at radius 3 is 2.67 bits per heavy atom. The second-order valence-electron chi connectivity index (χ2n) is 4.87. The average molecular weight is 248 g/mol. The van der Waals surface area contributed by atoms with E-state index >= 15 is 0 Å². The van der Waals surface area contributed by atoms with E-state index in [-0.39, 0.29) is 5.91 Å². The number of carbonyl (C=O) groups is 1. The maximum absolute atomic E-state index is 11.6. The summed E-state index contributed by atoms with van der Waals surface area (Å²) in [6.45, 7) is 1.62. The van der Waals surface area contributed by atoms with Gasteiger partial charge in [-0.15, -0.1) is 0 Å². The summed E-state index contributed by atoms with van der Waals surface area (Å²) >= 11 is 0. The number of likely N-dealkylation sites (N-methyl/N-ethyl adjacent to an activating group) is 1. The predicted molar refractivity (Wildman–Crippen MR) is 71.7 cm³/mol. The van der Waals surface area contributed by atoms with Gasteiger partial charge < -0.3 is 15.0 Å². The van der Waals surface area contributed by atoms with Crippen molar-refractivity contribution in [3.05, 3.63) is 29.8 Å². The molecular formula is C14H20N2O2. The second-order valence-corrected chi connectivity index (χ2v) is 4.87. The molecule has 18 heavy (non-hydrogen) atoms. The highest BCUT2D eigenvalue weighted by molar-refractivity contribution is 5.78. The van der Waals surface area contributed by atoms with Gasteiger partial charge in [-0.2, -0.15) is 0 Å². The molecule has 1 aromatic rings. The van der Waals surface area contributed by atoms with E-state index in [1.54, 1.807) is 19.0 Å². The summed E-state index contributed by atoms with van der Waals surface area (Å²) in [6, 6.07) is 8.46. The first-order chi connectivity index (χ1) is 8.65. The van der Waals surface area contributed by atoms with E-state index in [1.165, 1.54) is 0 Å². The molecule has 1 fully saturated rings. The summed E-state index contributed by atoms with van der Waals surface area (Å²) in [4.78, 5) is 13.2. The zero-order valence-electron chi connectivity index (χ0n) is 11.0. The lowest BCUT2D eigenvalue weighted by Crippen LogP contribution is -2.23. The largest absolute Gasteiger partial charge is 0.380 e. The van der Waals surface area contributed by atoms with Gasteiger partial charge >= 0.3 is 0 Å². The first kappa shape index (κ1) is 12.9. The zero-order chi connectivity index (χ0) is 13.0. The van der Waals surface area contributed by atoms with Gasteiger partial charge in [0, 0.05) is 26.4 Å². The molecule has 4 nitrogen and oxygen atoms in total. The van der Waals surface area contributed by atoms with Crippen LogP contribution in [0.4, 0.5) is 5.69 Å². The highest BCUT2D eigenvalue weighted by atomic mass is 16.5. The molecule has 0 saturated carbocycles. The molecule has 1 heterocycles. The summed E-state index contributed by atoms with van der Waals surface area (Å²) in [5.74, 6) is 0.125. The Hall–Kier alpha value is -1.55. The van der Waals surface area contributed by atoms with Crippen LogP contribution in [0.2, 0.25) is 0 Å². The van der Waals surface area contributed by atoms with Gasteiger partial charge in [-0.25, -0.2) is 0 Å². The van der Waals surface area contributed by atoms with Gasteiger partial charge in [-0.1, -0.05) is 12.1 Å². The molecule has 98 valence electrons. The molecule has 1 unspecified atom stereocenters. The van der Waals surface area contributed by atoms with Crippen molar-refractivity contribution in [1.29, 1.82) is 0 Å². The van der Waals surface area contributed by atoms with Crippen LogP contribution in [0.15, 0.2) is 24.3 Å². The van der Waals surface area contributed by atoms with Crippen LogP contribution in [-0.4, -0.2) is 44.2 Å². The summed E-state index contributed by atoms with van der Waals surface area (Å²) in [5.41, 5.74) is 2.13. The van der Waals surface area contributed by atoms with E-state index in [9.17, 15) is 4.79 Å². The lowest BCUT2D eigenvalue weighted by Gasteiger charge is -2.13. The third-order valence-electron chi connectivity index (χ3n) is 3.11. The van der Waals surface area contributed by atoms with Crippen LogP contribution in [0.5, 0.6) is 0 Å². The third kappa shape index (κ3) is 3.47. The van der Waals surface area contributed by atoms with Gasteiger partial charge in [0.05, 0.1) is 19.1 Å². The second kappa shape index (κ2) is 5.87. The zero-order valence-corrected chi connectivity index (χ0v) is 11.0. The topological polar surface area (TPSA) is 41.6 Å². The van der Waals surface area contributed by atoms with Crippen molar-refractivity contribution in [2.24, 2.45) is 0 Å². The molecule has 1 aliphatic rings. The molecule has 4 heteroatoms. The van der Waals surface area contributed by atoms with Crippen LogP contribution in [0.1, 0.15) is 12.0 Å². The molecule has 2 rings (SSSR count). The number of rotatable bonds is 4. The van der Waals surface area contributed by atoms with Gasteiger partial charge in [0.2, 0.25) is 5.91 Å². The Morgan fingerprint density at radius 1 is 1.39 bits per heavy atom. The van der Waals surface area contributed by atoms with Crippen LogP contribution < -0.4 is 5.32 Å². The maximum Gasteiger partial charge on any atom is 0.226 e. The number of nitrogens with one attached hydrogen (secondary N) is 1. The van der Waals surface area contributed by atoms with E-state index in [1.807, 2.05) is 24.3 Å². The predicted octanol–water partition coefficient (Wildman–Crippen LogP) is 1.52. The molecular weight excluding hydrogens is 228 g/mol. The summed E-state index contributed by atoms with van der Waals surface area (Å²) < 4.78 is 5.32. The van der Waals surface area contributed by atoms with Crippen molar-refractivity contribution >= 4 is 11.6 Å². The molecule has 1 aliphatic heterocycles. The van der Waals surface area contributed by atoms with Crippen molar-refractivity contribution in [1.82, 2.24) is 4.90 Å². The molecule has 0 aliphatic carbocycles. The van der Waals surface area contributed by atoms with E-state index in [0.29, 0.717) is 12.5 Å². The Balaban J connectivity index is 1.90. The molecule has 1 saturated heterocycles. The monoisotopic (exact) mass is 248 g/mol. The molecule has 1 atom stereocenters. The molecule has 1 aromatic carbocycles. The van der Waals surface area contributed by atoms with E-state index in [2.05, 4.69) is 5.32 Å². The first-order valence-corrected chi connectivity index (χ1v) is 6.28. The number of anilines is 1. The fourth-order valence-corrected chi connectivity index (χ4v) is 1.94. The number of nitrogens with zero attached hydrogens (tertiary/aromatic N) is 1. The number of hydrogen-bond acceptors (Lipinski definition) is 3. The van der Waals surface area contributed by atoms with Crippen molar-refractivity contribution in [2.75, 3.05) is 32.6 Å². The number of carbonyl (C=O) groups excluding carboxylic acids is 1. The molecule has 0 aromatic heterocycles. The summed E-state index contributed by atoms with van der Waals surface area (Å²) in [7, 11) is 3.55. The normalized spacial score (nSPS) is 18.7. The molecule has 1 amide bonds. The van der Waals surface area contributed by atoms with Crippen molar-refractivity contribution in [3.63, 3.8) is 0 Å². The van der Waals surface area contributed by atoms with E-state index in [0.717, 1.165) is 30.9 Å². The first-order valence-electron chi connectivity index (χ1n) is 6.28. The summed E-state index contributed by atoms with van der Waals surface area (Å²) in [6.07, 6.45) is 1.51. The van der Waals surface area contributed by atoms with Gasteiger partial charge in [0.15, 0.2) is 0 Å². The van der Waals surface area contributed by atoms with Crippen LogP contribution in [0.3, 0.4) is 0 Å². The molecule has 0 radical (unpaired) electrons.